The Kier molecular flexibility index (Phi) is 4.92. The lowest BCUT2D eigenvalue weighted by Gasteiger charge is -2.42. The summed E-state index contributed by atoms with van der Waals surface area (Å²) in [6, 6.07) is 12.3. The number of rotatable bonds is 4. The molecule has 6 heteroatoms. The maximum Gasteiger partial charge on any atom is 0.265 e. The van der Waals surface area contributed by atoms with E-state index in [-0.39, 0.29) is 4.90 Å². The number of fused-ring (bicyclic) bond motifs is 1. The number of hydrogen-bond donors (Lipinski definition) is 0. The average Bonchev–Trinajstić information content (AvgIpc) is 2.55. The van der Waals surface area contributed by atoms with E-state index in [4.69, 9.17) is 4.74 Å². The van der Waals surface area contributed by atoms with Gasteiger partial charge in [0.15, 0.2) is 0 Å². The highest BCUT2D eigenvalue weighted by Crippen LogP contribution is 2.43. The summed E-state index contributed by atoms with van der Waals surface area (Å²) in [7, 11) is -3.72. The SMILES string of the molecule is CCOc1ccc2c(c1)C(C)=CC(C)(C)N2S(=O)(=O)c1ccc(Br)cc1. The van der Waals surface area contributed by atoms with Crippen molar-refractivity contribution >= 4 is 37.2 Å². The Morgan fingerprint density at radius 2 is 1.77 bits per heavy atom. The third kappa shape index (κ3) is 3.28. The maximum absolute atomic E-state index is 13.4. The zero-order chi connectivity index (χ0) is 19.1. The summed E-state index contributed by atoms with van der Waals surface area (Å²) >= 11 is 3.36. The molecule has 1 aliphatic heterocycles. The topological polar surface area (TPSA) is 46.6 Å². The van der Waals surface area contributed by atoms with E-state index in [0.29, 0.717) is 12.3 Å². The van der Waals surface area contributed by atoms with Crippen LogP contribution < -0.4 is 9.04 Å². The Morgan fingerprint density at radius 3 is 2.38 bits per heavy atom. The van der Waals surface area contributed by atoms with E-state index in [1.54, 1.807) is 24.3 Å². The van der Waals surface area contributed by atoms with Crippen molar-refractivity contribution in [1.82, 2.24) is 0 Å². The van der Waals surface area contributed by atoms with Gasteiger partial charge in [-0.1, -0.05) is 22.0 Å². The minimum absolute atomic E-state index is 0.265. The van der Waals surface area contributed by atoms with Gasteiger partial charge in [0.25, 0.3) is 10.0 Å². The Morgan fingerprint density at radius 1 is 1.12 bits per heavy atom. The average molecular weight is 436 g/mol. The Bertz CT molecular complexity index is 963. The van der Waals surface area contributed by atoms with Crippen LogP contribution in [0.1, 0.15) is 33.3 Å². The number of allylic oxidation sites excluding steroid dienone is 1. The number of benzene rings is 2. The molecule has 0 unspecified atom stereocenters. The molecule has 0 spiro atoms. The minimum Gasteiger partial charge on any atom is -0.494 e. The molecule has 26 heavy (non-hydrogen) atoms. The number of sulfonamides is 1. The fourth-order valence-electron chi connectivity index (χ4n) is 3.39. The molecule has 0 aliphatic carbocycles. The molecular weight excluding hydrogens is 414 g/mol. The van der Waals surface area contributed by atoms with E-state index in [9.17, 15) is 8.42 Å². The summed E-state index contributed by atoms with van der Waals surface area (Å²) in [6.07, 6.45) is 1.99. The lowest BCUT2D eigenvalue weighted by molar-refractivity contribution is 0.340. The number of anilines is 1. The highest BCUT2D eigenvalue weighted by atomic mass is 79.9. The molecular formula is C20H22BrNO3S. The molecule has 1 heterocycles. The van der Waals surface area contributed by atoms with E-state index >= 15 is 0 Å². The summed E-state index contributed by atoms with van der Waals surface area (Å²) in [5.41, 5.74) is 1.89. The molecule has 3 rings (SSSR count). The van der Waals surface area contributed by atoms with E-state index in [1.807, 2.05) is 52.0 Å². The number of hydrogen-bond acceptors (Lipinski definition) is 3. The summed E-state index contributed by atoms with van der Waals surface area (Å²) in [5.74, 6) is 0.736. The van der Waals surface area contributed by atoms with Crippen molar-refractivity contribution in [2.75, 3.05) is 10.9 Å². The predicted molar refractivity (Wildman–Crippen MR) is 109 cm³/mol. The first-order valence-corrected chi connectivity index (χ1v) is 10.7. The molecule has 0 N–H and O–H groups in total. The standard InChI is InChI=1S/C20H22BrNO3S/c1-5-25-16-8-11-19-18(12-16)14(2)13-20(3,4)22(19)26(23,24)17-9-6-15(21)7-10-17/h6-13H,5H2,1-4H3. The quantitative estimate of drug-likeness (QED) is 0.659. The maximum atomic E-state index is 13.4. The number of halogens is 1. The van der Waals surface area contributed by atoms with Crippen LogP contribution in [0.4, 0.5) is 5.69 Å². The lowest BCUT2D eigenvalue weighted by Crippen LogP contribution is -2.48. The fourth-order valence-corrected chi connectivity index (χ4v) is 5.44. The van der Waals surface area contributed by atoms with Gasteiger partial charge in [-0.15, -0.1) is 0 Å². The Hall–Kier alpha value is -1.79. The molecule has 0 saturated carbocycles. The Balaban J connectivity index is 2.19. The first-order valence-electron chi connectivity index (χ1n) is 8.44. The molecule has 2 aromatic rings. The smallest absolute Gasteiger partial charge is 0.265 e. The van der Waals surface area contributed by atoms with Crippen molar-refractivity contribution in [2.45, 2.75) is 38.1 Å². The van der Waals surface area contributed by atoms with Crippen molar-refractivity contribution in [3.63, 3.8) is 0 Å². The van der Waals surface area contributed by atoms with Gasteiger partial charge in [-0.25, -0.2) is 8.42 Å². The van der Waals surface area contributed by atoms with Crippen LogP contribution in [0.25, 0.3) is 5.57 Å². The number of ether oxygens (including phenoxy) is 1. The molecule has 0 saturated heterocycles. The summed E-state index contributed by atoms with van der Waals surface area (Å²) in [4.78, 5) is 0.265. The second-order valence-corrected chi connectivity index (χ2v) is 9.52. The Labute approximate surface area is 163 Å². The van der Waals surface area contributed by atoms with Crippen molar-refractivity contribution in [1.29, 1.82) is 0 Å². The first-order chi connectivity index (χ1) is 12.2. The van der Waals surface area contributed by atoms with Crippen LogP contribution in [0, 0.1) is 0 Å². The van der Waals surface area contributed by atoms with Gasteiger partial charge in [0.05, 0.1) is 22.7 Å². The van der Waals surface area contributed by atoms with Crippen molar-refractivity contribution in [2.24, 2.45) is 0 Å². The second kappa shape index (κ2) is 6.74. The fraction of sp³-hybridized carbons (Fsp3) is 0.300. The van der Waals surface area contributed by atoms with Gasteiger partial charge in [-0.05, 0) is 75.7 Å². The van der Waals surface area contributed by atoms with E-state index in [0.717, 1.165) is 21.4 Å². The van der Waals surface area contributed by atoms with Gasteiger partial charge in [0.1, 0.15) is 5.75 Å². The summed E-state index contributed by atoms with van der Waals surface area (Å²) in [6.45, 7) is 8.31. The molecule has 138 valence electrons. The summed E-state index contributed by atoms with van der Waals surface area (Å²) < 4.78 is 34.8. The lowest BCUT2D eigenvalue weighted by atomic mass is 9.91. The summed E-state index contributed by atoms with van der Waals surface area (Å²) in [5, 5.41) is 0. The highest BCUT2D eigenvalue weighted by molar-refractivity contribution is 9.10. The molecule has 0 radical (unpaired) electrons. The van der Waals surface area contributed by atoms with Crippen LogP contribution in [-0.2, 0) is 10.0 Å². The highest BCUT2D eigenvalue weighted by Gasteiger charge is 2.40. The van der Waals surface area contributed by atoms with Gasteiger partial charge < -0.3 is 4.74 Å². The van der Waals surface area contributed by atoms with Gasteiger partial charge in [0, 0.05) is 10.0 Å². The van der Waals surface area contributed by atoms with Crippen LogP contribution >= 0.6 is 15.9 Å². The normalized spacial score (nSPS) is 16.0. The second-order valence-electron chi connectivity index (χ2n) is 6.82. The molecule has 0 aromatic heterocycles. The van der Waals surface area contributed by atoms with E-state index in [1.165, 1.54) is 4.31 Å². The van der Waals surface area contributed by atoms with Crippen molar-refractivity contribution in [3.8, 4) is 5.75 Å². The van der Waals surface area contributed by atoms with Crippen LogP contribution in [0.15, 0.2) is 57.9 Å². The van der Waals surface area contributed by atoms with Crippen LogP contribution in [0.2, 0.25) is 0 Å². The third-order valence-electron chi connectivity index (χ3n) is 4.37. The van der Waals surface area contributed by atoms with Gasteiger partial charge in [-0.2, -0.15) is 0 Å². The van der Waals surface area contributed by atoms with Crippen molar-refractivity contribution < 1.29 is 13.2 Å². The number of nitrogens with zero attached hydrogens (tertiary/aromatic N) is 1. The van der Waals surface area contributed by atoms with Gasteiger partial charge in [-0.3, -0.25) is 4.31 Å². The molecule has 0 amide bonds. The predicted octanol–water partition coefficient (Wildman–Crippen LogP) is 5.24. The molecule has 0 bridgehead atoms. The monoisotopic (exact) mass is 435 g/mol. The van der Waals surface area contributed by atoms with Crippen LogP contribution in [-0.4, -0.2) is 20.6 Å². The van der Waals surface area contributed by atoms with Gasteiger partial charge in [0.2, 0.25) is 0 Å². The molecule has 0 fully saturated rings. The van der Waals surface area contributed by atoms with E-state index < -0.39 is 15.6 Å². The van der Waals surface area contributed by atoms with Crippen molar-refractivity contribution in [3.05, 3.63) is 58.6 Å². The van der Waals surface area contributed by atoms with Crippen LogP contribution in [0.3, 0.4) is 0 Å². The molecule has 1 aliphatic rings. The van der Waals surface area contributed by atoms with Crippen LogP contribution in [0.5, 0.6) is 5.75 Å². The molecule has 0 atom stereocenters. The first kappa shape index (κ1) is 19.0. The molecule has 2 aromatic carbocycles. The van der Waals surface area contributed by atoms with Gasteiger partial charge >= 0.3 is 0 Å². The zero-order valence-electron chi connectivity index (χ0n) is 15.3. The van der Waals surface area contributed by atoms with E-state index in [2.05, 4.69) is 15.9 Å². The largest absolute Gasteiger partial charge is 0.494 e. The zero-order valence-corrected chi connectivity index (χ0v) is 17.7. The minimum atomic E-state index is -3.72. The molecule has 4 nitrogen and oxygen atoms in total. The third-order valence-corrected chi connectivity index (χ3v) is 6.91.